The number of sulfonamides is 1. The second-order valence-electron chi connectivity index (χ2n) is 6.29. The molecule has 0 radical (unpaired) electrons. The van der Waals surface area contributed by atoms with Crippen LogP contribution in [0.1, 0.15) is 18.4 Å². The van der Waals surface area contributed by atoms with Crippen LogP contribution in [0.25, 0.3) is 0 Å². The summed E-state index contributed by atoms with van der Waals surface area (Å²) in [7, 11) is -3.03. The Kier molecular flexibility index (Phi) is 4.87. The molecule has 23 heavy (non-hydrogen) atoms. The fourth-order valence-corrected chi connectivity index (χ4v) is 3.99. The molecule has 0 aromatic heterocycles. The van der Waals surface area contributed by atoms with E-state index in [2.05, 4.69) is 39.9 Å². The summed E-state index contributed by atoms with van der Waals surface area (Å²) in [6.45, 7) is 3.02. The Morgan fingerprint density at radius 3 is 2.52 bits per heavy atom. The van der Waals surface area contributed by atoms with E-state index in [1.807, 2.05) is 0 Å². The third-order valence-corrected chi connectivity index (χ3v) is 5.76. The molecule has 0 amide bonds. The van der Waals surface area contributed by atoms with Gasteiger partial charge in [-0.25, -0.2) is 12.7 Å². The summed E-state index contributed by atoms with van der Waals surface area (Å²) in [5.74, 6) is 1.40. The highest BCUT2D eigenvalue weighted by Gasteiger charge is 2.24. The molecule has 1 fully saturated rings. The molecule has 2 N–H and O–H groups in total. The van der Waals surface area contributed by atoms with Gasteiger partial charge in [-0.15, -0.1) is 0 Å². The third kappa shape index (κ3) is 4.45. The minimum Gasteiger partial charge on any atom is -0.354 e. The van der Waals surface area contributed by atoms with E-state index >= 15 is 0 Å². The first-order valence-electron chi connectivity index (χ1n) is 8.10. The number of benzene rings is 1. The van der Waals surface area contributed by atoms with Gasteiger partial charge in [0.25, 0.3) is 0 Å². The number of nitrogens with one attached hydrogen (secondary N) is 2. The highest BCUT2D eigenvalue weighted by atomic mass is 32.2. The van der Waals surface area contributed by atoms with Gasteiger partial charge < -0.3 is 10.6 Å². The van der Waals surface area contributed by atoms with Crippen LogP contribution in [0.3, 0.4) is 0 Å². The molecule has 3 rings (SSSR count). The molecular formula is C16H24N4O2S. The van der Waals surface area contributed by atoms with Gasteiger partial charge in [0.2, 0.25) is 10.0 Å². The van der Waals surface area contributed by atoms with Crippen LogP contribution in [0.5, 0.6) is 0 Å². The van der Waals surface area contributed by atoms with Gasteiger partial charge in [-0.3, -0.25) is 4.99 Å². The minimum absolute atomic E-state index is 0.563. The fourth-order valence-electron chi connectivity index (χ4n) is 3.12. The van der Waals surface area contributed by atoms with E-state index in [1.54, 1.807) is 4.31 Å². The summed E-state index contributed by atoms with van der Waals surface area (Å²) in [5, 5.41) is 6.45. The van der Waals surface area contributed by atoms with Crippen molar-refractivity contribution >= 4 is 21.7 Å². The van der Waals surface area contributed by atoms with Crippen molar-refractivity contribution in [2.24, 2.45) is 10.9 Å². The molecule has 0 unspecified atom stereocenters. The van der Waals surface area contributed by atoms with E-state index in [1.165, 1.54) is 11.8 Å². The molecule has 0 atom stereocenters. The summed E-state index contributed by atoms with van der Waals surface area (Å²) >= 11 is 0. The van der Waals surface area contributed by atoms with Crippen molar-refractivity contribution in [3.05, 3.63) is 29.8 Å². The monoisotopic (exact) mass is 336 g/mol. The highest BCUT2D eigenvalue weighted by Crippen LogP contribution is 2.23. The maximum absolute atomic E-state index is 11.5. The summed E-state index contributed by atoms with van der Waals surface area (Å²) < 4.78 is 24.7. The largest absolute Gasteiger partial charge is 0.354 e. The first kappa shape index (κ1) is 16.3. The quantitative estimate of drug-likeness (QED) is 0.868. The first-order chi connectivity index (χ1) is 11.0. The zero-order valence-corrected chi connectivity index (χ0v) is 14.3. The van der Waals surface area contributed by atoms with Crippen LogP contribution < -0.4 is 10.6 Å². The molecule has 1 aromatic rings. The SMILES string of the molecule is CS(=O)(=O)N1CCC(Cc2ccc(NC3=NCCN3)cc2)CC1. The molecule has 126 valence electrons. The van der Waals surface area contributed by atoms with Crippen LogP contribution in [-0.4, -0.2) is 51.1 Å². The zero-order valence-electron chi connectivity index (χ0n) is 13.5. The molecule has 0 saturated carbocycles. The summed E-state index contributed by atoms with van der Waals surface area (Å²) in [6, 6.07) is 8.43. The molecule has 6 nitrogen and oxygen atoms in total. The van der Waals surface area contributed by atoms with Gasteiger partial charge in [0, 0.05) is 25.3 Å². The van der Waals surface area contributed by atoms with Crippen LogP contribution in [0.4, 0.5) is 5.69 Å². The second-order valence-corrected chi connectivity index (χ2v) is 8.27. The summed E-state index contributed by atoms with van der Waals surface area (Å²) in [6.07, 6.45) is 4.18. The van der Waals surface area contributed by atoms with Crippen LogP contribution in [0, 0.1) is 5.92 Å². The number of rotatable bonds is 4. The summed E-state index contributed by atoms with van der Waals surface area (Å²) in [5.41, 5.74) is 2.34. The third-order valence-electron chi connectivity index (χ3n) is 4.46. The van der Waals surface area contributed by atoms with Crippen molar-refractivity contribution < 1.29 is 8.42 Å². The molecule has 2 aliphatic rings. The van der Waals surface area contributed by atoms with Gasteiger partial charge in [0.05, 0.1) is 12.8 Å². The molecule has 0 spiro atoms. The second kappa shape index (κ2) is 6.88. The van der Waals surface area contributed by atoms with Crippen LogP contribution in [0.2, 0.25) is 0 Å². The Morgan fingerprint density at radius 1 is 1.26 bits per heavy atom. The number of hydrogen-bond acceptors (Lipinski definition) is 5. The van der Waals surface area contributed by atoms with Crippen molar-refractivity contribution in [3.63, 3.8) is 0 Å². The lowest BCUT2D eigenvalue weighted by molar-refractivity contribution is 0.274. The fraction of sp³-hybridized carbons (Fsp3) is 0.562. The molecule has 1 aromatic carbocycles. The summed E-state index contributed by atoms with van der Waals surface area (Å²) in [4.78, 5) is 4.31. The van der Waals surface area contributed by atoms with Crippen molar-refractivity contribution in [1.82, 2.24) is 9.62 Å². The average Bonchev–Trinajstić information content (AvgIpc) is 3.02. The highest BCUT2D eigenvalue weighted by molar-refractivity contribution is 7.88. The van der Waals surface area contributed by atoms with E-state index in [-0.39, 0.29) is 0 Å². The topological polar surface area (TPSA) is 73.8 Å². The maximum atomic E-state index is 11.5. The van der Waals surface area contributed by atoms with E-state index in [0.717, 1.165) is 44.0 Å². The Balaban J connectivity index is 1.51. The van der Waals surface area contributed by atoms with Gasteiger partial charge >= 0.3 is 0 Å². The predicted molar refractivity (Wildman–Crippen MR) is 93.2 cm³/mol. The molecular weight excluding hydrogens is 312 g/mol. The van der Waals surface area contributed by atoms with Gasteiger partial charge in [-0.2, -0.15) is 0 Å². The van der Waals surface area contributed by atoms with Gasteiger partial charge in [-0.1, -0.05) is 12.1 Å². The van der Waals surface area contributed by atoms with Crippen molar-refractivity contribution in [1.29, 1.82) is 0 Å². The van der Waals surface area contributed by atoms with Crippen LogP contribution in [0.15, 0.2) is 29.3 Å². The van der Waals surface area contributed by atoms with Crippen LogP contribution >= 0.6 is 0 Å². The van der Waals surface area contributed by atoms with E-state index in [4.69, 9.17) is 0 Å². The molecule has 7 heteroatoms. The molecule has 2 aliphatic heterocycles. The van der Waals surface area contributed by atoms with E-state index in [0.29, 0.717) is 19.0 Å². The average molecular weight is 336 g/mol. The maximum Gasteiger partial charge on any atom is 0.211 e. The van der Waals surface area contributed by atoms with E-state index < -0.39 is 10.0 Å². The molecule has 1 saturated heterocycles. The molecule has 0 aliphatic carbocycles. The van der Waals surface area contributed by atoms with Gasteiger partial charge in [-0.05, 0) is 42.9 Å². The van der Waals surface area contributed by atoms with Crippen molar-refractivity contribution in [2.45, 2.75) is 19.3 Å². The van der Waals surface area contributed by atoms with E-state index in [9.17, 15) is 8.42 Å². The number of hydrogen-bond donors (Lipinski definition) is 2. The first-order valence-corrected chi connectivity index (χ1v) is 9.95. The normalized spacial score (nSPS) is 20.1. The Hall–Kier alpha value is -1.60. The number of anilines is 1. The number of nitrogens with zero attached hydrogens (tertiary/aromatic N) is 2. The van der Waals surface area contributed by atoms with Crippen molar-refractivity contribution in [3.8, 4) is 0 Å². The Morgan fingerprint density at radius 2 is 1.96 bits per heavy atom. The minimum atomic E-state index is -3.03. The lowest BCUT2D eigenvalue weighted by Gasteiger charge is -2.30. The number of piperidine rings is 1. The Bertz CT molecular complexity index is 662. The lowest BCUT2D eigenvalue weighted by Crippen LogP contribution is -2.38. The number of guanidine groups is 1. The van der Waals surface area contributed by atoms with Crippen LogP contribution in [-0.2, 0) is 16.4 Å². The standard InChI is InChI=1S/C16H24N4O2S/c1-23(21,22)20-10-6-14(7-11-20)12-13-2-4-15(5-3-13)19-16-17-8-9-18-16/h2-5,14H,6-12H2,1H3,(H2,17,18,19). The number of aliphatic imine (C=N–C) groups is 1. The molecule has 0 bridgehead atoms. The molecule has 2 heterocycles. The van der Waals surface area contributed by atoms with Crippen molar-refractivity contribution in [2.75, 3.05) is 37.8 Å². The lowest BCUT2D eigenvalue weighted by atomic mass is 9.91. The zero-order chi connectivity index (χ0) is 16.3. The van der Waals surface area contributed by atoms with Gasteiger partial charge in [0.15, 0.2) is 5.96 Å². The Labute approximate surface area is 138 Å². The smallest absolute Gasteiger partial charge is 0.211 e. The van der Waals surface area contributed by atoms with Gasteiger partial charge in [0.1, 0.15) is 0 Å². The predicted octanol–water partition coefficient (Wildman–Crippen LogP) is 1.27.